The monoisotopic (exact) mass is 330 g/mol. The Morgan fingerprint density at radius 2 is 2.22 bits per heavy atom. The first-order valence-electron chi connectivity index (χ1n) is 7.45. The minimum atomic E-state index is -0.537. The van der Waals surface area contributed by atoms with E-state index in [0.29, 0.717) is 23.5 Å². The van der Waals surface area contributed by atoms with Gasteiger partial charge in [-0.3, -0.25) is 9.59 Å². The molecule has 1 aliphatic rings. The third-order valence-electron chi connectivity index (χ3n) is 3.80. The van der Waals surface area contributed by atoms with Crippen molar-refractivity contribution in [1.82, 2.24) is 5.32 Å². The van der Waals surface area contributed by atoms with Gasteiger partial charge in [0.05, 0.1) is 5.69 Å². The first-order valence-corrected chi connectivity index (χ1v) is 8.33. The predicted molar refractivity (Wildman–Crippen MR) is 90.3 cm³/mol. The number of nitrogens with one attached hydrogen (secondary N) is 1. The third-order valence-corrected chi connectivity index (χ3v) is 4.74. The number of anilines is 1. The van der Waals surface area contributed by atoms with Gasteiger partial charge in [0.2, 0.25) is 0 Å². The van der Waals surface area contributed by atoms with Gasteiger partial charge in [-0.2, -0.15) is 0 Å². The van der Waals surface area contributed by atoms with Crippen molar-refractivity contribution in [2.45, 2.75) is 19.4 Å². The van der Waals surface area contributed by atoms with E-state index in [1.807, 2.05) is 11.4 Å². The van der Waals surface area contributed by atoms with Crippen LogP contribution in [0.15, 0.2) is 35.7 Å². The molecule has 1 N–H and O–H groups in total. The smallest absolute Gasteiger partial charge is 0.267 e. The summed E-state index contributed by atoms with van der Waals surface area (Å²) in [6.45, 7) is 2.29. The number of fused-ring (bicyclic) bond motifs is 1. The number of thiophene rings is 1. The van der Waals surface area contributed by atoms with Crippen LogP contribution in [0.2, 0.25) is 0 Å². The lowest BCUT2D eigenvalue weighted by Crippen LogP contribution is -2.42. The summed E-state index contributed by atoms with van der Waals surface area (Å²) >= 11 is 1.68. The molecule has 23 heavy (non-hydrogen) atoms. The van der Waals surface area contributed by atoms with E-state index < -0.39 is 6.10 Å². The minimum absolute atomic E-state index is 0.0920. The van der Waals surface area contributed by atoms with Crippen molar-refractivity contribution >= 4 is 28.8 Å². The molecule has 2 aromatic rings. The molecule has 1 unspecified atom stereocenters. The second-order valence-electron chi connectivity index (χ2n) is 5.43. The number of rotatable bonds is 4. The summed E-state index contributed by atoms with van der Waals surface area (Å²) in [4.78, 5) is 26.9. The van der Waals surface area contributed by atoms with Gasteiger partial charge in [-0.25, -0.2) is 0 Å². The highest BCUT2D eigenvalue weighted by molar-refractivity contribution is 7.09. The van der Waals surface area contributed by atoms with Crippen LogP contribution in [0.5, 0.6) is 5.75 Å². The average Bonchev–Trinajstić information content (AvgIpc) is 3.05. The molecule has 0 saturated carbocycles. The average molecular weight is 330 g/mol. The Bertz CT molecular complexity index is 727. The largest absolute Gasteiger partial charge is 0.479 e. The highest BCUT2D eigenvalue weighted by Gasteiger charge is 2.29. The van der Waals surface area contributed by atoms with Crippen molar-refractivity contribution in [3.63, 3.8) is 0 Å². The lowest BCUT2D eigenvalue weighted by Gasteiger charge is -2.30. The molecular weight excluding hydrogens is 312 g/mol. The molecule has 0 radical (unpaired) electrons. The van der Waals surface area contributed by atoms with Gasteiger partial charge in [0, 0.05) is 24.0 Å². The maximum atomic E-state index is 12.2. The Labute approximate surface area is 138 Å². The number of benzene rings is 1. The van der Waals surface area contributed by atoms with Gasteiger partial charge in [-0.15, -0.1) is 11.3 Å². The Kier molecular flexibility index (Phi) is 4.34. The molecule has 0 saturated heterocycles. The number of carbonyl (C=O) groups is 2. The number of nitrogens with zero attached hydrogens (tertiary/aromatic N) is 1. The van der Waals surface area contributed by atoms with Gasteiger partial charge < -0.3 is 15.0 Å². The Morgan fingerprint density at radius 3 is 2.96 bits per heavy atom. The number of carbonyl (C=O) groups excluding carboxylic acids is 2. The number of hydrogen-bond acceptors (Lipinski definition) is 4. The fourth-order valence-corrected chi connectivity index (χ4v) is 3.22. The van der Waals surface area contributed by atoms with E-state index in [4.69, 9.17) is 4.74 Å². The molecule has 1 aromatic carbocycles. The number of ether oxygens (including phenoxy) is 1. The lowest BCUT2D eigenvalue weighted by molar-refractivity contribution is -0.125. The Balaban J connectivity index is 1.68. The summed E-state index contributed by atoms with van der Waals surface area (Å²) in [6.07, 6.45) is 0.281. The molecule has 0 aliphatic carbocycles. The van der Waals surface area contributed by atoms with Gasteiger partial charge >= 0.3 is 0 Å². The standard InChI is InChI=1S/C17H18N2O3S/c1-11-17(21)19(2)14-6-5-12(10-15(14)22-11)16(20)18-8-7-13-4-3-9-23-13/h3-6,9-11H,7-8H2,1-2H3,(H,18,20). The Hall–Kier alpha value is -2.34. The molecule has 0 fully saturated rings. The third kappa shape index (κ3) is 3.22. The van der Waals surface area contributed by atoms with Gasteiger partial charge in [-0.05, 0) is 43.0 Å². The summed E-state index contributed by atoms with van der Waals surface area (Å²) in [5.74, 6) is 0.330. The zero-order valence-corrected chi connectivity index (χ0v) is 13.9. The zero-order valence-electron chi connectivity index (χ0n) is 13.0. The summed E-state index contributed by atoms with van der Waals surface area (Å²) in [5.41, 5.74) is 1.22. The van der Waals surface area contributed by atoms with Crippen molar-refractivity contribution in [3.05, 3.63) is 46.2 Å². The van der Waals surface area contributed by atoms with Crippen LogP contribution >= 0.6 is 11.3 Å². The maximum Gasteiger partial charge on any atom is 0.267 e. The van der Waals surface area contributed by atoms with Gasteiger partial charge in [-0.1, -0.05) is 6.07 Å². The van der Waals surface area contributed by atoms with Crippen molar-refractivity contribution in [2.75, 3.05) is 18.5 Å². The molecule has 5 nitrogen and oxygen atoms in total. The zero-order chi connectivity index (χ0) is 16.4. The molecule has 0 bridgehead atoms. The fourth-order valence-electron chi connectivity index (χ4n) is 2.52. The predicted octanol–water partition coefficient (Wildman–Crippen LogP) is 2.46. The van der Waals surface area contributed by atoms with Gasteiger partial charge in [0.15, 0.2) is 6.10 Å². The summed E-state index contributed by atoms with van der Waals surface area (Å²) in [7, 11) is 1.71. The van der Waals surface area contributed by atoms with E-state index >= 15 is 0 Å². The lowest BCUT2D eigenvalue weighted by atomic mass is 10.1. The molecule has 1 aromatic heterocycles. The highest BCUT2D eigenvalue weighted by atomic mass is 32.1. The van der Waals surface area contributed by atoms with Crippen LogP contribution in [0.1, 0.15) is 22.2 Å². The van der Waals surface area contributed by atoms with Crippen molar-refractivity contribution in [3.8, 4) is 5.75 Å². The van der Waals surface area contributed by atoms with Crippen molar-refractivity contribution < 1.29 is 14.3 Å². The molecule has 3 rings (SSSR count). The van der Waals surface area contributed by atoms with E-state index in [2.05, 4.69) is 11.4 Å². The van der Waals surface area contributed by atoms with Crippen LogP contribution in [0.25, 0.3) is 0 Å². The number of hydrogen-bond donors (Lipinski definition) is 1. The fraction of sp³-hybridized carbons (Fsp3) is 0.294. The van der Waals surface area contributed by atoms with E-state index in [9.17, 15) is 9.59 Å². The van der Waals surface area contributed by atoms with Crippen molar-refractivity contribution in [2.24, 2.45) is 0 Å². The van der Waals surface area contributed by atoms with Crippen LogP contribution in [-0.4, -0.2) is 31.5 Å². The highest BCUT2D eigenvalue weighted by Crippen LogP contribution is 2.33. The van der Waals surface area contributed by atoms with Crippen LogP contribution < -0.4 is 15.0 Å². The normalized spacial score (nSPS) is 16.7. The molecule has 2 amide bonds. The van der Waals surface area contributed by atoms with Gasteiger partial charge in [0.1, 0.15) is 5.75 Å². The minimum Gasteiger partial charge on any atom is -0.479 e. The molecule has 1 aliphatic heterocycles. The maximum absolute atomic E-state index is 12.2. The second kappa shape index (κ2) is 6.42. The summed E-state index contributed by atoms with van der Waals surface area (Å²) in [6, 6.07) is 9.20. The number of likely N-dealkylation sites (N-methyl/N-ethyl adjacent to an activating group) is 1. The number of amides is 2. The topological polar surface area (TPSA) is 58.6 Å². The van der Waals surface area contributed by atoms with Crippen LogP contribution in [0.4, 0.5) is 5.69 Å². The van der Waals surface area contributed by atoms with E-state index in [1.54, 1.807) is 48.4 Å². The molecular formula is C17H18N2O3S. The quantitative estimate of drug-likeness (QED) is 0.937. The van der Waals surface area contributed by atoms with Crippen LogP contribution in [-0.2, 0) is 11.2 Å². The van der Waals surface area contributed by atoms with Gasteiger partial charge in [0.25, 0.3) is 11.8 Å². The summed E-state index contributed by atoms with van der Waals surface area (Å²) in [5, 5.41) is 4.93. The first kappa shape index (κ1) is 15.6. The van der Waals surface area contributed by atoms with E-state index in [0.717, 1.165) is 6.42 Å². The second-order valence-corrected chi connectivity index (χ2v) is 6.46. The first-order chi connectivity index (χ1) is 11.1. The molecule has 1 atom stereocenters. The van der Waals surface area contributed by atoms with Crippen LogP contribution in [0, 0.1) is 0 Å². The van der Waals surface area contributed by atoms with E-state index in [-0.39, 0.29) is 11.8 Å². The summed E-state index contributed by atoms with van der Waals surface area (Å²) < 4.78 is 5.60. The van der Waals surface area contributed by atoms with Crippen LogP contribution in [0.3, 0.4) is 0 Å². The SMILES string of the molecule is CC1Oc2cc(C(=O)NCCc3cccs3)ccc2N(C)C1=O. The Morgan fingerprint density at radius 1 is 1.39 bits per heavy atom. The molecule has 6 heteroatoms. The van der Waals surface area contributed by atoms with Crippen molar-refractivity contribution in [1.29, 1.82) is 0 Å². The molecule has 2 heterocycles. The molecule has 120 valence electrons. The molecule has 0 spiro atoms. The van der Waals surface area contributed by atoms with E-state index in [1.165, 1.54) is 4.88 Å².